The molecule has 0 fully saturated rings. The average Bonchev–Trinajstić information content (AvgIpc) is 2.48. The Kier molecular flexibility index (Phi) is 4.44. The molecule has 0 aliphatic heterocycles. The van der Waals surface area contributed by atoms with Crippen molar-refractivity contribution in [3.63, 3.8) is 0 Å². The minimum Gasteiger partial charge on any atom is -0.478 e. The fraction of sp³-hybridized carbons (Fsp3) is 0.125. The molecule has 0 spiro atoms. The summed E-state index contributed by atoms with van der Waals surface area (Å²) in [5, 5.41) is 18.0. The first-order valence-corrected chi connectivity index (χ1v) is 7.00. The van der Waals surface area contributed by atoms with Crippen LogP contribution in [-0.4, -0.2) is 11.1 Å². The minimum atomic E-state index is -0.899. The van der Waals surface area contributed by atoms with Crippen LogP contribution >= 0.6 is 11.8 Å². The number of hydrogen-bond donors (Lipinski definition) is 1. The summed E-state index contributed by atoms with van der Waals surface area (Å²) in [6.07, 6.45) is 0.698. The van der Waals surface area contributed by atoms with Crippen LogP contribution in [0.25, 0.3) is 0 Å². The van der Waals surface area contributed by atoms with Crippen molar-refractivity contribution >= 4 is 17.7 Å². The molecule has 100 valence electrons. The van der Waals surface area contributed by atoms with Gasteiger partial charge < -0.3 is 5.11 Å². The maximum Gasteiger partial charge on any atom is 0.336 e. The summed E-state index contributed by atoms with van der Waals surface area (Å²) in [6, 6.07) is 14.8. The number of nitriles is 1. The van der Waals surface area contributed by atoms with E-state index in [0.717, 1.165) is 15.4 Å². The van der Waals surface area contributed by atoms with Gasteiger partial charge in [-0.05, 0) is 48.4 Å². The maximum atomic E-state index is 11.2. The molecule has 4 heteroatoms. The predicted octanol–water partition coefficient (Wildman–Crippen LogP) is 3.97. The molecule has 0 bridgehead atoms. The van der Waals surface area contributed by atoms with Gasteiger partial charge in [-0.3, -0.25) is 0 Å². The molecule has 2 aromatic carbocycles. The van der Waals surface area contributed by atoms with E-state index in [2.05, 4.69) is 6.07 Å². The third kappa shape index (κ3) is 3.19. The number of carboxylic acid groups (broad SMARTS) is 1. The second-order valence-electron chi connectivity index (χ2n) is 4.22. The van der Waals surface area contributed by atoms with E-state index in [-0.39, 0.29) is 0 Å². The highest BCUT2D eigenvalue weighted by atomic mass is 32.2. The molecule has 0 atom stereocenters. The fourth-order valence-electron chi connectivity index (χ4n) is 1.86. The van der Waals surface area contributed by atoms with E-state index in [9.17, 15) is 9.90 Å². The summed E-state index contributed by atoms with van der Waals surface area (Å²) in [4.78, 5) is 13.1. The smallest absolute Gasteiger partial charge is 0.336 e. The highest BCUT2D eigenvalue weighted by molar-refractivity contribution is 7.99. The third-order valence-electron chi connectivity index (χ3n) is 2.91. The standard InChI is InChI=1S/C16H13NO2S/c1-2-12-5-8-14(9-15(12)16(18)19)20-13-6-3-11(10-17)4-7-13/h3-9H,2H2,1H3,(H,18,19). The summed E-state index contributed by atoms with van der Waals surface area (Å²) in [7, 11) is 0. The van der Waals surface area contributed by atoms with Crippen molar-refractivity contribution in [1.29, 1.82) is 5.26 Å². The molecular formula is C16H13NO2S. The number of carbonyl (C=O) groups is 1. The summed E-state index contributed by atoms with van der Waals surface area (Å²) in [6.45, 7) is 1.94. The van der Waals surface area contributed by atoms with Crippen molar-refractivity contribution in [2.75, 3.05) is 0 Å². The SMILES string of the molecule is CCc1ccc(Sc2ccc(C#N)cc2)cc1C(=O)O. The van der Waals surface area contributed by atoms with Gasteiger partial charge in [0.2, 0.25) is 0 Å². The molecule has 3 nitrogen and oxygen atoms in total. The van der Waals surface area contributed by atoms with Crippen LogP contribution in [0.2, 0.25) is 0 Å². The van der Waals surface area contributed by atoms with Gasteiger partial charge in [0.1, 0.15) is 0 Å². The number of hydrogen-bond acceptors (Lipinski definition) is 3. The largest absolute Gasteiger partial charge is 0.478 e. The first-order chi connectivity index (χ1) is 9.63. The van der Waals surface area contributed by atoms with Crippen molar-refractivity contribution in [2.45, 2.75) is 23.1 Å². The number of aromatic carboxylic acids is 1. The molecule has 0 aliphatic carbocycles. The molecule has 20 heavy (non-hydrogen) atoms. The second-order valence-corrected chi connectivity index (χ2v) is 5.36. The van der Waals surface area contributed by atoms with Crippen LogP contribution in [0.15, 0.2) is 52.3 Å². The highest BCUT2D eigenvalue weighted by Gasteiger charge is 2.10. The summed E-state index contributed by atoms with van der Waals surface area (Å²) in [5.41, 5.74) is 1.80. The summed E-state index contributed by atoms with van der Waals surface area (Å²) in [5.74, 6) is -0.899. The lowest BCUT2D eigenvalue weighted by Crippen LogP contribution is -2.01. The van der Waals surface area contributed by atoms with E-state index in [4.69, 9.17) is 5.26 Å². The van der Waals surface area contributed by atoms with Gasteiger partial charge in [-0.2, -0.15) is 5.26 Å². The first kappa shape index (κ1) is 14.2. The Balaban J connectivity index is 2.27. The van der Waals surface area contributed by atoms with Gasteiger partial charge in [-0.1, -0.05) is 24.8 Å². The Hall–Kier alpha value is -2.25. The average molecular weight is 283 g/mol. The van der Waals surface area contributed by atoms with E-state index in [0.29, 0.717) is 17.5 Å². The zero-order valence-electron chi connectivity index (χ0n) is 11.0. The second kappa shape index (κ2) is 6.27. The maximum absolute atomic E-state index is 11.2. The minimum absolute atomic E-state index is 0.353. The first-order valence-electron chi connectivity index (χ1n) is 6.18. The Morgan fingerprint density at radius 3 is 2.40 bits per heavy atom. The van der Waals surface area contributed by atoms with E-state index in [1.807, 2.05) is 31.2 Å². The monoisotopic (exact) mass is 283 g/mol. The van der Waals surface area contributed by atoms with Crippen LogP contribution < -0.4 is 0 Å². The molecule has 1 N–H and O–H groups in total. The van der Waals surface area contributed by atoms with E-state index in [1.54, 1.807) is 18.2 Å². The highest BCUT2D eigenvalue weighted by Crippen LogP contribution is 2.29. The molecule has 0 amide bonds. The van der Waals surface area contributed by atoms with Gasteiger partial charge in [-0.25, -0.2) is 4.79 Å². The number of benzene rings is 2. The zero-order valence-corrected chi connectivity index (χ0v) is 11.8. The van der Waals surface area contributed by atoms with Crippen LogP contribution in [0.5, 0.6) is 0 Å². The molecular weight excluding hydrogens is 270 g/mol. The topological polar surface area (TPSA) is 61.1 Å². The Morgan fingerprint density at radius 2 is 1.85 bits per heavy atom. The molecule has 2 aromatic rings. The van der Waals surface area contributed by atoms with Crippen molar-refractivity contribution in [2.24, 2.45) is 0 Å². The zero-order chi connectivity index (χ0) is 14.5. The van der Waals surface area contributed by atoms with E-state index in [1.165, 1.54) is 11.8 Å². The predicted molar refractivity (Wildman–Crippen MR) is 78.1 cm³/mol. The van der Waals surface area contributed by atoms with Crippen LogP contribution in [-0.2, 0) is 6.42 Å². The lowest BCUT2D eigenvalue weighted by Gasteiger charge is -2.07. The van der Waals surface area contributed by atoms with Crippen molar-refractivity contribution < 1.29 is 9.90 Å². The molecule has 0 radical (unpaired) electrons. The van der Waals surface area contributed by atoms with E-state index >= 15 is 0 Å². The lowest BCUT2D eigenvalue weighted by atomic mass is 10.1. The van der Waals surface area contributed by atoms with Crippen molar-refractivity contribution in [1.82, 2.24) is 0 Å². The fourth-order valence-corrected chi connectivity index (χ4v) is 2.72. The number of rotatable bonds is 4. The van der Waals surface area contributed by atoms with Gasteiger partial charge in [-0.15, -0.1) is 0 Å². The quantitative estimate of drug-likeness (QED) is 0.922. The van der Waals surface area contributed by atoms with E-state index < -0.39 is 5.97 Å². The van der Waals surface area contributed by atoms with Gasteiger partial charge >= 0.3 is 5.97 Å². The van der Waals surface area contributed by atoms with Crippen molar-refractivity contribution in [3.8, 4) is 6.07 Å². The van der Waals surface area contributed by atoms with Crippen LogP contribution in [0.4, 0.5) is 0 Å². The Bertz CT molecular complexity index is 672. The third-order valence-corrected chi connectivity index (χ3v) is 3.91. The molecule has 2 rings (SSSR count). The van der Waals surface area contributed by atoms with Crippen LogP contribution in [0, 0.1) is 11.3 Å². The van der Waals surface area contributed by atoms with Crippen LogP contribution in [0.3, 0.4) is 0 Å². The molecule has 0 unspecified atom stereocenters. The summed E-state index contributed by atoms with van der Waals surface area (Å²) >= 11 is 1.48. The van der Waals surface area contributed by atoms with Gasteiger partial charge in [0.25, 0.3) is 0 Å². The Morgan fingerprint density at radius 1 is 1.20 bits per heavy atom. The van der Waals surface area contributed by atoms with Gasteiger partial charge in [0, 0.05) is 9.79 Å². The number of aryl methyl sites for hydroxylation is 1. The molecule has 0 aliphatic rings. The molecule has 0 heterocycles. The van der Waals surface area contributed by atoms with Gasteiger partial charge in [0.15, 0.2) is 0 Å². The number of nitrogens with zero attached hydrogens (tertiary/aromatic N) is 1. The van der Waals surface area contributed by atoms with Crippen LogP contribution in [0.1, 0.15) is 28.4 Å². The number of carboxylic acids is 1. The van der Waals surface area contributed by atoms with Crippen molar-refractivity contribution in [3.05, 3.63) is 59.2 Å². The van der Waals surface area contributed by atoms with Gasteiger partial charge in [0.05, 0.1) is 17.2 Å². The lowest BCUT2D eigenvalue weighted by molar-refractivity contribution is 0.0695. The molecule has 0 saturated carbocycles. The Labute approximate surface area is 121 Å². The molecule has 0 saturated heterocycles. The molecule has 0 aromatic heterocycles. The normalized spacial score (nSPS) is 10.0. The summed E-state index contributed by atoms with van der Waals surface area (Å²) < 4.78 is 0.